The van der Waals surface area contributed by atoms with Crippen LogP contribution in [0.1, 0.15) is 35.6 Å². The molecular formula is C12H15N7O2S2. The van der Waals surface area contributed by atoms with Crippen LogP contribution in [-0.2, 0) is 0 Å². The molecule has 0 aliphatic rings. The predicted octanol–water partition coefficient (Wildman–Crippen LogP) is -0.106. The summed E-state index contributed by atoms with van der Waals surface area (Å²) in [5.41, 5.74) is 16.9. The zero-order chi connectivity index (χ0) is 17.6. The van der Waals surface area contributed by atoms with Crippen molar-refractivity contribution in [3.05, 3.63) is 29.1 Å². The van der Waals surface area contributed by atoms with Crippen molar-refractivity contribution in [2.75, 3.05) is 0 Å². The third kappa shape index (κ3) is 5.92. The minimum atomic E-state index is -1.11. The number of nitrogens with zero attached hydrogens (tertiary/aromatic N) is 3. The topological polar surface area (TPSA) is 151 Å². The molecule has 0 amide bonds. The van der Waals surface area contributed by atoms with Crippen LogP contribution in [0.25, 0.3) is 0 Å². The van der Waals surface area contributed by atoms with Crippen LogP contribution in [0.15, 0.2) is 22.3 Å². The lowest BCUT2D eigenvalue weighted by atomic mass is 10.1. The van der Waals surface area contributed by atoms with Crippen molar-refractivity contribution in [3.63, 3.8) is 0 Å². The number of pyridine rings is 1. The van der Waals surface area contributed by atoms with Crippen molar-refractivity contribution in [3.8, 4) is 0 Å². The Hall–Kier alpha value is -2.66. The second kappa shape index (κ2) is 8.10. The van der Waals surface area contributed by atoms with E-state index in [1.165, 1.54) is 12.1 Å². The Morgan fingerprint density at radius 1 is 1.09 bits per heavy atom. The molecule has 1 aromatic heterocycles. The summed E-state index contributed by atoms with van der Waals surface area (Å²) in [6.07, 6.45) is 0. The van der Waals surface area contributed by atoms with E-state index in [4.69, 9.17) is 11.5 Å². The number of aromatic nitrogens is 1. The number of carboxylic acid groups (broad SMARTS) is 1. The van der Waals surface area contributed by atoms with E-state index in [0.717, 1.165) is 0 Å². The number of aromatic carboxylic acids is 1. The number of hydrogen-bond acceptors (Lipinski definition) is 6. The highest BCUT2D eigenvalue weighted by Crippen LogP contribution is 2.09. The van der Waals surface area contributed by atoms with Crippen LogP contribution in [0.4, 0.5) is 0 Å². The van der Waals surface area contributed by atoms with Gasteiger partial charge in [0, 0.05) is 0 Å². The molecule has 0 bridgehead atoms. The van der Waals surface area contributed by atoms with Crippen LogP contribution in [0.5, 0.6) is 0 Å². The summed E-state index contributed by atoms with van der Waals surface area (Å²) in [5.74, 6) is -1.11. The summed E-state index contributed by atoms with van der Waals surface area (Å²) in [5, 5.41) is 17.0. The van der Waals surface area contributed by atoms with Gasteiger partial charge in [-0.1, -0.05) is 0 Å². The van der Waals surface area contributed by atoms with Gasteiger partial charge in [-0.15, -0.1) is 0 Å². The van der Waals surface area contributed by atoms with Gasteiger partial charge in [-0.2, -0.15) is 10.2 Å². The number of thiocarbonyl (C=S) groups is 2. The van der Waals surface area contributed by atoms with Crippen LogP contribution < -0.4 is 22.3 Å². The van der Waals surface area contributed by atoms with Crippen LogP contribution in [0, 0.1) is 0 Å². The van der Waals surface area contributed by atoms with Gasteiger partial charge in [0.2, 0.25) is 0 Å². The standard InChI is InChI=1S/C12H15N7O2S2/c1-5(16-18-11(13)22)8-3-7(10(20)21)4-9(15-8)6(2)17-19-12(14)23/h3-4H,1-2H3,(H,20,21)(H3,13,18,22)(H3,14,19,23)/b16-5+,17-6+. The molecule has 122 valence electrons. The molecule has 0 spiro atoms. The van der Waals surface area contributed by atoms with Crippen LogP contribution >= 0.6 is 24.4 Å². The number of nitrogens with one attached hydrogen (secondary N) is 2. The Labute approximate surface area is 142 Å². The Morgan fingerprint density at radius 2 is 1.48 bits per heavy atom. The van der Waals surface area contributed by atoms with E-state index in [0.29, 0.717) is 22.8 Å². The lowest BCUT2D eigenvalue weighted by Crippen LogP contribution is -2.26. The average molecular weight is 353 g/mol. The van der Waals surface area contributed by atoms with E-state index < -0.39 is 5.97 Å². The molecule has 0 saturated heterocycles. The molecule has 11 heteroatoms. The van der Waals surface area contributed by atoms with Crippen molar-refractivity contribution in [2.45, 2.75) is 13.8 Å². The highest BCUT2D eigenvalue weighted by Gasteiger charge is 2.12. The number of rotatable bonds is 5. The smallest absolute Gasteiger partial charge is 0.335 e. The van der Waals surface area contributed by atoms with Gasteiger partial charge in [0.15, 0.2) is 10.2 Å². The average Bonchev–Trinajstić information content (AvgIpc) is 2.49. The molecular weight excluding hydrogens is 338 g/mol. The molecule has 1 heterocycles. The number of nitrogens with two attached hydrogens (primary N) is 2. The third-order valence-electron chi connectivity index (χ3n) is 2.48. The van der Waals surface area contributed by atoms with Gasteiger partial charge in [-0.05, 0) is 50.4 Å². The van der Waals surface area contributed by atoms with Gasteiger partial charge in [-0.3, -0.25) is 10.9 Å². The van der Waals surface area contributed by atoms with E-state index in [9.17, 15) is 9.90 Å². The summed E-state index contributed by atoms with van der Waals surface area (Å²) >= 11 is 9.30. The van der Waals surface area contributed by atoms with E-state index in [-0.39, 0.29) is 15.8 Å². The third-order valence-corrected chi connectivity index (χ3v) is 2.66. The van der Waals surface area contributed by atoms with Gasteiger partial charge in [0.1, 0.15) is 0 Å². The maximum atomic E-state index is 11.3. The minimum Gasteiger partial charge on any atom is -0.478 e. The van der Waals surface area contributed by atoms with Gasteiger partial charge >= 0.3 is 5.97 Å². The first-order valence-corrected chi connectivity index (χ1v) is 6.98. The number of carbonyl (C=O) groups is 1. The Balaban J connectivity index is 3.30. The molecule has 0 atom stereocenters. The second-order valence-electron chi connectivity index (χ2n) is 4.28. The van der Waals surface area contributed by atoms with Gasteiger partial charge in [-0.25, -0.2) is 9.78 Å². The normalized spacial score (nSPS) is 11.7. The Bertz CT molecular complexity index is 665. The van der Waals surface area contributed by atoms with E-state index in [1.807, 2.05) is 0 Å². The molecule has 0 aromatic carbocycles. The molecule has 0 radical (unpaired) electrons. The summed E-state index contributed by atoms with van der Waals surface area (Å²) in [4.78, 5) is 15.6. The van der Waals surface area contributed by atoms with Crippen molar-refractivity contribution in [1.82, 2.24) is 15.8 Å². The summed E-state index contributed by atoms with van der Waals surface area (Å²) in [6, 6.07) is 2.75. The fourth-order valence-electron chi connectivity index (χ4n) is 1.42. The fourth-order valence-corrected chi connectivity index (χ4v) is 1.51. The van der Waals surface area contributed by atoms with Crippen molar-refractivity contribution >= 4 is 52.1 Å². The first-order valence-electron chi connectivity index (χ1n) is 6.16. The van der Waals surface area contributed by atoms with Gasteiger partial charge in [0.25, 0.3) is 0 Å². The largest absolute Gasteiger partial charge is 0.478 e. The molecule has 1 rings (SSSR count). The highest BCUT2D eigenvalue weighted by atomic mass is 32.1. The number of hydrogen-bond donors (Lipinski definition) is 5. The second-order valence-corrected chi connectivity index (χ2v) is 5.16. The zero-order valence-corrected chi connectivity index (χ0v) is 14.0. The molecule has 9 nitrogen and oxygen atoms in total. The summed E-state index contributed by atoms with van der Waals surface area (Å²) in [7, 11) is 0. The number of hydrazone groups is 2. The molecule has 23 heavy (non-hydrogen) atoms. The van der Waals surface area contributed by atoms with Crippen LogP contribution in [0.3, 0.4) is 0 Å². The maximum absolute atomic E-state index is 11.3. The van der Waals surface area contributed by atoms with Crippen molar-refractivity contribution < 1.29 is 9.90 Å². The van der Waals surface area contributed by atoms with E-state index in [2.05, 4.69) is 50.5 Å². The predicted molar refractivity (Wildman–Crippen MR) is 95.5 cm³/mol. The van der Waals surface area contributed by atoms with Crippen molar-refractivity contribution in [2.24, 2.45) is 21.7 Å². The zero-order valence-electron chi connectivity index (χ0n) is 12.3. The monoisotopic (exact) mass is 353 g/mol. The SMILES string of the molecule is C/C(=N\NC(N)=S)c1cc(C(=O)O)cc(/C(C)=N/NC(N)=S)n1. The highest BCUT2D eigenvalue weighted by molar-refractivity contribution is 7.80. The molecule has 0 aliphatic carbocycles. The van der Waals surface area contributed by atoms with E-state index in [1.54, 1.807) is 13.8 Å². The Morgan fingerprint density at radius 3 is 1.78 bits per heavy atom. The van der Waals surface area contributed by atoms with E-state index >= 15 is 0 Å². The summed E-state index contributed by atoms with van der Waals surface area (Å²) in [6.45, 7) is 3.26. The maximum Gasteiger partial charge on any atom is 0.335 e. The molecule has 1 aromatic rings. The lowest BCUT2D eigenvalue weighted by molar-refractivity contribution is 0.0696. The first-order chi connectivity index (χ1) is 10.7. The summed E-state index contributed by atoms with van der Waals surface area (Å²) < 4.78 is 0. The first kappa shape index (κ1) is 18.4. The number of carboxylic acids is 1. The fraction of sp³-hybridized carbons (Fsp3) is 0.167. The lowest BCUT2D eigenvalue weighted by Gasteiger charge is -2.07. The van der Waals surface area contributed by atoms with Crippen molar-refractivity contribution in [1.29, 1.82) is 0 Å². The van der Waals surface area contributed by atoms with Crippen LogP contribution in [-0.4, -0.2) is 37.7 Å². The van der Waals surface area contributed by atoms with Crippen LogP contribution in [0.2, 0.25) is 0 Å². The molecule has 0 saturated carbocycles. The molecule has 0 fully saturated rings. The minimum absolute atomic E-state index is 0.0163. The molecule has 0 unspecified atom stereocenters. The molecule has 7 N–H and O–H groups in total. The Kier molecular flexibility index (Phi) is 6.48. The van der Waals surface area contributed by atoms with Gasteiger partial charge in [0.05, 0.1) is 28.4 Å². The quantitative estimate of drug-likeness (QED) is 0.277. The molecule has 0 aliphatic heterocycles. The van der Waals surface area contributed by atoms with Gasteiger partial charge < -0.3 is 16.6 Å².